The minimum Gasteiger partial charge on any atom is -0.321 e. The van der Waals surface area contributed by atoms with Crippen LogP contribution in [0.3, 0.4) is 0 Å². The van der Waals surface area contributed by atoms with Crippen molar-refractivity contribution in [1.82, 2.24) is 0 Å². The molecule has 60 valence electrons. The second-order valence-corrected chi connectivity index (χ2v) is 3.85. The molecule has 0 aliphatic heterocycles. The van der Waals surface area contributed by atoms with Crippen LogP contribution >= 0.6 is 11.3 Å². The largest absolute Gasteiger partial charge is 0.321 e. The number of rotatable bonds is 2. The fourth-order valence-corrected chi connectivity index (χ4v) is 1.70. The molecule has 1 aromatic heterocycles. The highest BCUT2D eigenvalue weighted by atomic mass is 32.1. The molecule has 1 aromatic rings. The maximum atomic E-state index is 11.2. The fourth-order valence-electron chi connectivity index (χ4n) is 0.791. The van der Waals surface area contributed by atoms with Crippen LogP contribution in [0.4, 0.5) is 0 Å². The highest BCUT2D eigenvalue weighted by Crippen LogP contribution is 2.16. The Morgan fingerprint density at radius 2 is 2.27 bits per heavy atom. The van der Waals surface area contributed by atoms with E-state index >= 15 is 0 Å². The van der Waals surface area contributed by atoms with Crippen molar-refractivity contribution in [3.63, 3.8) is 0 Å². The number of hydrogen-bond acceptors (Lipinski definition) is 3. The van der Waals surface area contributed by atoms with Crippen molar-refractivity contribution in [2.75, 3.05) is 0 Å². The van der Waals surface area contributed by atoms with E-state index in [1.807, 2.05) is 19.1 Å². The molecule has 1 rings (SSSR count). The molecule has 0 radical (unpaired) electrons. The molecule has 2 nitrogen and oxygen atoms in total. The summed E-state index contributed by atoms with van der Waals surface area (Å²) in [6.45, 7) is 3.68. The Morgan fingerprint density at radius 1 is 1.64 bits per heavy atom. The molecule has 0 bridgehead atoms. The molecule has 0 fully saturated rings. The zero-order chi connectivity index (χ0) is 8.43. The van der Waals surface area contributed by atoms with Crippen LogP contribution in [0.2, 0.25) is 0 Å². The van der Waals surface area contributed by atoms with Gasteiger partial charge >= 0.3 is 0 Å². The van der Waals surface area contributed by atoms with Gasteiger partial charge in [0.2, 0.25) is 0 Å². The molecule has 0 saturated heterocycles. The van der Waals surface area contributed by atoms with Gasteiger partial charge in [0.05, 0.1) is 10.9 Å². The molecule has 2 N–H and O–H groups in total. The first-order chi connectivity index (χ1) is 5.11. The van der Waals surface area contributed by atoms with Crippen LogP contribution in [0, 0.1) is 6.92 Å². The first-order valence-electron chi connectivity index (χ1n) is 3.47. The Kier molecular flexibility index (Phi) is 2.42. The first kappa shape index (κ1) is 8.43. The van der Waals surface area contributed by atoms with E-state index in [1.165, 1.54) is 11.3 Å². The number of Topliss-reactive ketones (excluding diaryl/α,β-unsaturated/α-hetero) is 1. The lowest BCUT2D eigenvalue weighted by Gasteiger charge is -1.98. The third-order valence-corrected chi connectivity index (χ3v) is 2.41. The van der Waals surface area contributed by atoms with Crippen molar-refractivity contribution in [2.24, 2.45) is 5.73 Å². The van der Waals surface area contributed by atoms with Gasteiger partial charge in [-0.2, -0.15) is 0 Å². The Labute approximate surface area is 70.0 Å². The summed E-state index contributed by atoms with van der Waals surface area (Å²) < 4.78 is 0. The normalized spacial score (nSPS) is 13.0. The maximum absolute atomic E-state index is 11.2. The number of carbonyl (C=O) groups excluding carboxylic acids is 1. The summed E-state index contributed by atoms with van der Waals surface area (Å²) in [6.07, 6.45) is 0. The quantitative estimate of drug-likeness (QED) is 0.683. The van der Waals surface area contributed by atoms with E-state index in [4.69, 9.17) is 5.73 Å². The van der Waals surface area contributed by atoms with Crippen molar-refractivity contribution in [3.8, 4) is 0 Å². The maximum Gasteiger partial charge on any atom is 0.189 e. The number of thiophene rings is 1. The van der Waals surface area contributed by atoms with Gasteiger partial charge in [-0.3, -0.25) is 4.79 Å². The lowest BCUT2D eigenvalue weighted by Crippen LogP contribution is -2.25. The highest BCUT2D eigenvalue weighted by Gasteiger charge is 2.11. The summed E-state index contributed by atoms with van der Waals surface area (Å²) in [4.78, 5) is 13.2. The molecule has 3 heteroatoms. The molecule has 0 aromatic carbocycles. The summed E-state index contributed by atoms with van der Waals surface area (Å²) in [6, 6.07) is 3.37. The molecule has 1 heterocycles. The topological polar surface area (TPSA) is 43.1 Å². The molecule has 11 heavy (non-hydrogen) atoms. The lowest BCUT2D eigenvalue weighted by atomic mass is 10.2. The lowest BCUT2D eigenvalue weighted by molar-refractivity contribution is 0.0972. The third-order valence-electron chi connectivity index (χ3n) is 1.40. The number of nitrogens with two attached hydrogens (primary N) is 1. The highest BCUT2D eigenvalue weighted by molar-refractivity contribution is 7.14. The summed E-state index contributed by atoms with van der Waals surface area (Å²) in [5, 5.41) is 0. The molecule has 0 aliphatic carbocycles. The van der Waals surface area contributed by atoms with E-state index in [-0.39, 0.29) is 11.8 Å². The van der Waals surface area contributed by atoms with Crippen molar-refractivity contribution in [1.29, 1.82) is 0 Å². The van der Waals surface area contributed by atoms with E-state index in [0.29, 0.717) is 0 Å². The average Bonchev–Trinajstić information content (AvgIpc) is 2.34. The van der Waals surface area contributed by atoms with Crippen LogP contribution in [0.1, 0.15) is 21.5 Å². The number of hydrogen-bond donors (Lipinski definition) is 1. The van der Waals surface area contributed by atoms with Gasteiger partial charge in [-0.05, 0) is 26.0 Å². The fraction of sp³-hybridized carbons (Fsp3) is 0.375. The Morgan fingerprint density at radius 3 is 2.64 bits per heavy atom. The Hall–Kier alpha value is -0.670. The second-order valence-electron chi connectivity index (χ2n) is 2.56. The van der Waals surface area contributed by atoms with Gasteiger partial charge in [0.1, 0.15) is 0 Å². The standard InChI is InChI=1S/C8H11NOS/c1-5-3-4-7(11-5)8(10)6(2)9/h3-4,6H,9H2,1-2H3. The number of aryl methyl sites for hydroxylation is 1. The minimum atomic E-state index is -0.381. The van der Waals surface area contributed by atoms with Crippen LogP contribution in [0.5, 0.6) is 0 Å². The van der Waals surface area contributed by atoms with Crippen molar-refractivity contribution >= 4 is 17.1 Å². The average molecular weight is 169 g/mol. The van der Waals surface area contributed by atoms with Gasteiger partial charge in [0, 0.05) is 4.88 Å². The predicted molar refractivity (Wildman–Crippen MR) is 47.0 cm³/mol. The van der Waals surface area contributed by atoms with Crippen LogP contribution < -0.4 is 5.73 Å². The van der Waals surface area contributed by atoms with Gasteiger partial charge in [0.25, 0.3) is 0 Å². The van der Waals surface area contributed by atoms with Crippen LogP contribution in [0.25, 0.3) is 0 Å². The molecule has 0 amide bonds. The van der Waals surface area contributed by atoms with E-state index in [0.717, 1.165) is 9.75 Å². The predicted octanol–water partition coefficient (Wildman–Crippen LogP) is 1.59. The van der Waals surface area contributed by atoms with Crippen LogP contribution in [0.15, 0.2) is 12.1 Å². The van der Waals surface area contributed by atoms with E-state index < -0.39 is 0 Å². The van der Waals surface area contributed by atoms with Gasteiger partial charge < -0.3 is 5.73 Å². The summed E-state index contributed by atoms with van der Waals surface area (Å²) in [7, 11) is 0. The molecule has 0 aliphatic rings. The third kappa shape index (κ3) is 1.88. The van der Waals surface area contributed by atoms with Crippen LogP contribution in [-0.2, 0) is 0 Å². The number of ketones is 1. The second kappa shape index (κ2) is 3.15. The van der Waals surface area contributed by atoms with Crippen molar-refractivity contribution in [3.05, 3.63) is 21.9 Å². The first-order valence-corrected chi connectivity index (χ1v) is 4.29. The molecule has 1 atom stereocenters. The van der Waals surface area contributed by atoms with Gasteiger partial charge in [-0.1, -0.05) is 0 Å². The van der Waals surface area contributed by atoms with Crippen molar-refractivity contribution < 1.29 is 4.79 Å². The van der Waals surface area contributed by atoms with E-state index in [9.17, 15) is 4.79 Å². The summed E-state index contributed by atoms with van der Waals surface area (Å²) in [5.41, 5.74) is 5.43. The van der Waals surface area contributed by atoms with Gasteiger partial charge in [-0.15, -0.1) is 11.3 Å². The number of carbonyl (C=O) groups is 1. The van der Waals surface area contributed by atoms with Gasteiger partial charge in [0.15, 0.2) is 5.78 Å². The molecular weight excluding hydrogens is 158 g/mol. The minimum absolute atomic E-state index is 0.0306. The summed E-state index contributed by atoms with van der Waals surface area (Å²) >= 11 is 1.49. The van der Waals surface area contributed by atoms with E-state index in [1.54, 1.807) is 6.92 Å². The molecular formula is C8H11NOS. The van der Waals surface area contributed by atoms with Gasteiger partial charge in [-0.25, -0.2) is 0 Å². The molecule has 1 unspecified atom stereocenters. The Balaban J connectivity index is 2.85. The van der Waals surface area contributed by atoms with Crippen molar-refractivity contribution in [2.45, 2.75) is 19.9 Å². The molecule has 0 saturated carbocycles. The monoisotopic (exact) mass is 169 g/mol. The van der Waals surface area contributed by atoms with Crippen LogP contribution in [-0.4, -0.2) is 11.8 Å². The summed E-state index contributed by atoms with van der Waals surface area (Å²) in [5.74, 6) is 0.0306. The zero-order valence-electron chi connectivity index (χ0n) is 6.63. The smallest absolute Gasteiger partial charge is 0.189 e. The van der Waals surface area contributed by atoms with E-state index in [2.05, 4.69) is 0 Å². The zero-order valence-corrected chi connectivity index (χ0v) is 7.44. The molecule has 0 spiro atoms. The SMILES string of the molecule is Cc1ccc(C(=O)C(C)N)s1. The Bertz CT molecular complexity index is 265.